The molecule has 84 valence electrons. The van der Waals surface area contributed by atoms with Crippen molar-refractivity contribution in [1.82, 2.24) is 4.90 Å². The average Bonchev–Trinajstić information content (AvgIpc) is 2.23. The molecule has 0 spiro atoms. The summed E-state index contributed by atoms with van der Waals surface area (Å²) in [5.41, 5.74) is -0.214. The van der Waals surface area contributed by atoms with E-state index in [0.717, 1.165) is 32.5 Å². The fourth-order valence-corrected chi connectivity index (χ4v) is 1.44. The van der Waals surface area contributed by atoms with Crippen LogP contribution in [0.1, 0.15) is 40.0 Å². The zero-order valence-corrected chi connectivity index (χ0v) is 10.1. The Morgan fingerprint density at radius 1 is 1.20 bits per heavy atom. The minimum Gasteiger partial charge on any atom is -0.303 e. The van der Waals surface area contributed by atoms with Crippen molar-refractivity contribution < 1.29 is 0 Å². The molecular formula is C12H21N3. The van der Waals surface area contributed by atoms with E-state index < -0.39 is 0 Å². The third kappa shape index (κ3) is 6.94. The first-order valence-electron chi connectivity index (χ1n) is 5.56. The maximum absolute atomic E-state index is 8.85. The summed E-state index contributed by atoms with van der Waals surface area (Å²) in [4.78, 5) is 2.26. The Morgan fingerprint density at radius 3 is 2.33 bits per heavy atom. The summed E-state index contributed by atoms with van der Waals surface area (Å²) in [6, 6.07) is 4.46. The molecule has 0 saturated carbocycles. The van der Waals surface area contributed by atoms with Gasteiger partial charge in [-0.15, -0.1) is 0 Å². The molecule has 0 N–H and O–H groups in total. The third-order valence-corrected chi connectivity index (χ3v) is 2.57. The molecule has 0 aromatic rings. The minimum atomic E-state index is -0.214. The number of nitriles is 2. The molecule has 0 amide bonds. The Kier molecular flexibility index (Phi) is 6.75. The Balaban J connectivity index is 3.74. The molecule has 0 aliphatic carbocycles. The van der Waals surface area contributed by atoms with Gasteiger partial charge in [-0.25, -0.2) is 0 Å². The first-order valence-corrected chi connectivity index (χ1v) is 5.56. The fraction of sp³-hybridized carbons (Fsp3) is 0.833. The molecule has 0 unspecified atom stereocenters. The molecule has 0 heterocycles. The van der Waals surface area contributed by atoms with E-state index in [1.165, 1.54) is 0 Å². The molecule has 0 rings (SSSR count). The molecule has 0 bridgehead atoms. The Bertz CT molecular complexity index is 245. The Hall–Kier alpha value is -1.06. The topological polar surface area (TPSA) is 50.8 Å². The molecule has 0 aliphatic heterocycles. The van der Waals surface area contributed by atoms with Gasteiger partial charge in [0.25, 0.3) is 0 Å². The van der Waals surface area contributed by atoms with Gasteiger partial charge in [0.2, 0.25) is 0 Å². The summed E-state index contributed by atoms with van der Waals surface area (Å²) in [7, 11) is 0. The second-order valence-corrected chi connectivity index (χ2v) is 4.44. The first-order chi connectivity index (χ1) is 7.05. The van der Waals surface area contributed by atoms with Crippen molar-refractivity contribution in [3.8, 4) is 12.1 Å². The van der Waals surface area contributed by atoms with Crippen LogP contribution >= 0.6 is 0 Å². The van der Waals surface area contributed by atoms with Crippen LogP contribution in [0, 0.1) is 28.1 Å². The smallest absolute Gasteiger partial charge is 0.0683 e. The molecule has 0 atom stereocenters. The predicted octanol–water partition coefficient (Wildman–Crippen LogP) is 2.55. The van der Waals surface area contributed by atoms with Crippen LogP contribution in [0.3, 0.4) is 0 Å². The van der Waals surface area contributed by atoms with Crippen molar-refractivity contribution in [1.29, 1.82) is 10.5 Å². The maximum Gasteiger partial charge on any atom is 0.0683 e. The van der Waals surface area contributed by atoms with Crippen LogP contribution in [0.15, 0.2) is 0 Å². The zero-order chi connectivity index (χ0) is 11.7. The average molecular weight is 207 g/mol. The normalized spacial score (nSPS) is 11.1. The van der Waals surface area contributed by atoms with Crippen molar-refractivity contribution in [3.05, 3.63) is 0 Å². The SMILES string of the molecule is CCN(CCC#N)CCCC(C)(C)C#N. The summed E-state index contributed by atoms with van der Waals surface area (Å²) in [6.07, 6.45) is 2.54. The highest BCUT2D eigenvalue weighted by Gasteiger charge is 2.16. The van der Waals surface area contributed by atoms with Gasteiger partial charge in [-0.2, -0.15) is 10.5 Å². The van der Waals surface area contributed by atoms with Crippen molar-refractivity contribution in [2.75, 3.05) is 19.6 Å². The van der Waals surface area contributed by atoms with Crippen LogP contribution in [-0.4, -0.2) is 24.5 Å². The van der Waals surface area contributed by atoms with Gasteiger partial charge in [0.1, 0.15) is 0 Å². The van der Waals surface area contributed by atoms with Crippen molar-refractivity contribution in [3.63, 3.8) is 0 Å². The van der Waals surface area contributed by atoms with Crippen LogP contribution < -0.4 is 0 Å². The highest BCUT2D eigenvalue weighted by Crippen LogP contribution is 2.20. The van der Waals surface area contributed by atoms with E-state index in [0.29, 0.717) is 6.42 Å². The summed E-state index contributed by atoms with van der Waals surface area (Å²) < 4.78 is 0. The van der Waals surface area contributed by atoms with Gasteiger partial charge in [-0.3, -0.25) is 0 Å². The van der Waals surface area contributed by atoms with E-state index in [2.05, 4.69) is 24.0 Å². The molecule has 3 nitrogen and oxygen atoms in total. The number of nitrogens with zero attached hydrogens (tertiary/aromatic N) is 3. The van der Waals surface area contributed by atoms with Crippen LogP contribution in [0.25, 0.3) is 0 Å². The van der Waals surface area contributed by atoms with E-state index in [4.69, 9.17) is 10.5 Å². The highest BCUT2D eigenvalue weighted by molar-refractivity contribution is 4.91. The van der Waals surface area contributed by atoms with Gasteiger partial charge in [0.15, 0.2) is 0 Å². The Labute approximate surface area is 93.3 Å². The van der Waals surface area contributed by atoms with E-state index in [-0.39, 0.29) is 5.41 Å². The quantitative estimate of drug-likeness (QED) is 0.644. The van der Waals surface area contributed by atoms with E-state index >= 15 is 0 Å². The molecule has 0 aromatic carbocycles. The van der Waals surface area contributed by atoms with Crippen molar-refractivity contribution >= 4 is 0 Å². The molecular weight excluding hydrogens is 186 g/mol. The van der Waals surface area contributed by atoms with Crippen LogP contribution in [0.5, 0.6) is 0 Å². The summed E-state index contributed by atoms with van der Waals surface area (Å²) in [5, 5.41) is 17.3. The number of hydrogen-bond acceptors (Lipinski definition) is 3. The fourth-order valence-electron chi connectivity index (χ4n) is 1.44. The second kappa shape index (κ2) is 7.26. The molecule has 0 aliphatic rings. The first kappa shape index (κ1) is 13.9. The summed E-state index contributed by atoms with van der Waals surface area (Å²) in [6.45, 7) is 8.86. The van der Waals surface area contributed by atoms with Gasteiger partial charge in [-0.1, -0.05) is 6.92 Å². The van der Waals surface area contributed by atoms with Crippen molar-refractivity contribution in [2.45, 2.75) is 40.0 Å². The minimum absolute atomic E-state index is 0.214. The zero-order valence-electron chi connectivity index (χ0n) is 10.1. The van der Waals surface area contributed by atoms with E-state index in [1.54, 1.807) is 0 Å². The van der Waals surface area contributed by atoms with Crippen LogP contribution in [0.4, 0.5) is 0 Å². The predicted molar refractivity (Wildman–Crippen MR) is 61.0 cm³/mol. The molecule has 0 aromatic heterocycles. The summed E-state index contributed by atoms with van der Waals surface area (Å²) in [5.74, 6) is 0. The standard InChI is InChI=1S/C12H21N3/c1-4-15(10-6-8-13)9-5-7-12(2,3)11-14/h4-7,9-10H2,1-3H3. The highest BCUT2D eigenvalue weighted by atomic mass is 15.1. The lowest BCUT2D eigenvalue weighted by Crippen LogP contribution is -2.26. The van der Waals surface area contributed by atoms with Gasteiger partial charge in [-0.05, 0) is 39.8 Å². The van der Waals surface area contributed by atoms with Crippen LogP contribution in [-0.2, 0) is 0 Å². The monoisotopic (exact) mass is 207 g/mol. The lowest BCUT2D eigenvalue weighted by Gasteiger charge is -2.21. The van der Waals surface area contributed by atoms with E-state index in [9.17, 15) is 0 Å². The second-order valence-electron chi connectivity index (χ2n) is 4.44. The molecule has 0 fully saturated rings. The van der Waals surface area contributed by atoms with Crippen molar-refractivity contribution in [2.24, 2.45) is 5.41 Å². The summed E-state index contributed by atoms with van der Waals surface area (Å²) >= 11 is 0. The number of hydrogen-bond donors (Lipinski definition) is 0. The lowest BCUT2D eigenvalue weighted by molar-refractivity contribution is 0.273. The third-order valence-electron chi connectivity index (χ3n) is 2.57. The van der Waals surface area contributed by atoms with Gasteiger partial charge in [0, 0.05) is 13.0 Å². The Morgan fingerprint density at radius 2 is 1.87 bits per heavy atom. The lowest BCUT2D eigenvalue weighted by atomic mass is 9.90. The molecule has 3 heteroatoms. The maximum atomic E-state index is 8.85. The van der Waals surface area contributed by atoms with Gasteiger partial charge < -0.3 is 4.90 Å². The molecule has 15 heavy (non-hydrogen) atoms. The largest absolute Gasteiger partial charge is 0.303 e. The molecule has 0 radical (unpaired) electrons. The van der Waals surface area contributed by atoms with E-state index in [1.807, 2.05) is 13.8 Å². The number of rotatable bonds is 7. The van der Waals surface area contributed by atoms with Crippen LogP contribution in [0.2, 0.25) is 0 Å². The van der Waals surface area contributed by atoms with Gasteiger partial charge >= 0.3 is 0 Å². The van der Waals surface area contributed by atoms with Gasteiger partial charge in [0.05, 0.1) is 17.6 Å². The molecule has 0 saturated heterocycles.